The van der Waals surface area contributed by atoms with Crippen LogP contribution in [0.5, 0.6) is 5.88 Å². The fourth-order valence-corrected chi connectivity index (χ4v) is 2.01. The number of rotatable bonds is 5. The van der Waals surface area contributed by atoms with Gasteiger partial charge in [0.15, 0.2) is 5.76 Å². The van der Waals surface area contributed by atoms with Crippen molar-refractivity contribution in [3.8, 4) is 5.88 Å². The Morgan fingerprint density at radius 3 is 2.67 bits per heavy atom. The van der Waals surface area contributed by atoms with E-state index in [4.69, 9.17) is 16.6 Å². The molecule has 0 atom stereocenters. The fraction of sp³-hybridized carbons (Fsp3) is 0.125. The van der Waals surface area contributed by atoms with Crippen molar-refractivity contribution < 1.29 is 9.52 Å². The topological polar surface area (TPSA) is 50.7 Å². The van der Waals surface area contributed by atoms with Crippen molar-refractivity contribution >= 4 is 30.2 Å². The summed E-state index contributed by atoms with van der Waals surface area (Å²) in [6.45, 7) is 2.46. The number of hydrogen-bond acceptors (Lipinski definition) is 4. The van der Waals surface area contributed by atoms with Gasteiger partial charge in [-0.05, 0) is 43.4 Å². The smallest absolute Gasteiger partial charge is 0.272 e. The Morgan fingerprint density at radius 2 is 2.00 bits per heavy atom. The fourth-order valence-electron chi connectivity index (χ4n) is 1.70. The van der Waals surface area contributed by atoms with Crippen LogP contribution >= 0.6 is 12.2 Å². The molecule has 0 amide bonds. The summed E-state index contributed by atoms with van der Waals surface area (Å²) in [6.07, 6.45) is 8.71. The maximum Gasteiger partial charge on any atom is 0.272 e. The molecule has 1 aromatic carbocycles. The van der Waals surface area contributed by atoms with Gasteiger partial charge >= 0.3 is 0 Å². The highest BCUT2D eigenvalue weighted by molar-refractivity contribution is 7.71. The summed E-state index contributed by atoms with van der Waals surface area (Å²) < 4.78 is 6.81. The zero-order valence-corrected chi connectivity index (χ0v) is 12.5. The van der Waals surface area contributed by atoms with Crippen LogP contribution in [0.15, 0.2) is 58.0 Å². The first-order valence-corrected chi connectivity index (χ1v) is 6.98. The minimum Gasteiger partial charge on any atom is -0.492 e. The summed E-state index contributed by atoms with van der Waals surface area (Å²) in [6, 6.07) is 9.67. The van der Waals surface area contributed by atoms with E-state index in [-0.39, 0.29) is 10.7 Å². The Morgan fingerprint density at radius 1 is 1.24 bits per heavy atom. The van der Waals surface area contributed by atoms with Gasteiger partial charge in [-0.1, -0.05) is 30.4 Å². The zero-order valence-electron chi connectivity index (χ0n) is 11.6. The van der Waals surface area contributed by atoms with Crippen molar-refractivity contribution in [2.24, 2.45) is 4.99 Å². The summed E-state index contributed by atoms with van der Waals surface area (Å²) in [5, 5.41) is 9.86. The molecule has 2 aromatic rings. The summed E-state index contributed by atoms with van der Waals surface area (Å²) in [7, 11) is 0. The molecule has 0 saturated heterocycles. The molecule has 0 radical (unpaired) electrons. The number of oxazole rings is 1. The third kappa shape index (κ3) is 4.03. The SMILES string of the molecule is CCn1c(O)c(C=CC=CC=Nc2ccccc2)oc1=S. The standard InChI is InChI=1S/C16H16N2O2S/c1-2-18-15(19)14(20-16(18)21)11-7-4-8-12-17-13-9-5-3-6-10-13/h3-12,19H,2H2,1H3. The van der Waals surface area contributed by atoms with Crippen molar-refractivity contribution in [3.05, 3.63) is 59.2 Å². The summed E-state index contributed by atoms with van der Waals surface area (Å²) >= 11 is 5.00. The quantitative estimate of drug-likeness (QED) is 0.502. The molecule has 0 unspecified atom stereocenters. The van der Waals surface area contributed by atoms with Gasteiger partial charge < -0.3 is 9.52 Å². The molecular weight excluding hydrogens is 284 g/mol. The van der Waals surface area contributed by atoms with E-state index < -0.39 is 0 Å². The third-order valence-corrected chi connectivity index (χ3v) is 3.05. The highest BCUT2D eigenvalue weighted by Gasteiger charge is 2.08. The van der Waals surface area contributed by atoms with Gasteiger partial charge in [-0.15, -0.1) is 0 Å². The third-order valence-electron chi connectivity index (χ3n) is 2.75. The van der Waals surface area contributed by atoms with E-state index in [0.717, 1.165) is 5.69 Å². The van der Waals surface area contributed by atoms with E-state index in [1.807, 2.05) is 37.3 Å². The van der Waals surface area contributed by atoms with Gasteiger partial charge in [0, 0.05) is 12.8 Å². The molecule has 0 spiro atoms. The van der Waals surface area contributed by atoms with Crippen LogP contribution in [0.2, 0.25) is 0 Å². The van der Waals surface area contributed by atoms with Gasteiger partial charge in [-0.3, -0.25) is 9.56 Å². The molecule has 1 aromatic heterocycles. The van der Waals surface area contributed by atoms with Crippen molar-refractivity contribution in [2.45, 2.75) is 13.5 Å². The number of aromatic hydroxyl groups is 1. The van der Waals surface area contributed by atoms with Crippen LogP contribution in [0.4, 0.5) is 5.69 Å². The summed E-state index contributed by atoms with van der Waals surface area (Å²) in [5.41, 5.74) is 0.898. The molecule has 2 rings (SSSR count). The van der Waals surface area contributed by atoms with E-state index in [9.17, 15) is 5.11 Å². The molecule has 0 aliphatic carbocycles. The Kier molecular flexibility index (Phi) is 5.29. The molecule has 108 valence electrons. The second-order valence-corrected chi connectivity index (χ2v) is 4.51. The molecule has 5 heteroatoms. The van der Waals surface area contributed by atoms with Crippen molar-refractivity contribution in [3.63, 3.8) is 0 Å². The minimum absolute atomic E-state index is 0.0464. The van der Waals surface area contributed by atoms with Crippen LogP contribution in [0.25, 0.3) is 6.08 Å². The molecule has 21 heavy (non-hydrogen) atoms. The van der Waals surface area contributed by atoms with E-state index >= 15 is 0 Å². The Balaban J connectivity index is 1.98. The maximum absolute atomic E-state index is 9.86. The molecular formula is C16H16N2O2S. The lowest BCUT2D eigenvalue weighted by Gasteiger charge is -1.94. The Bertz CT molecular complexity index is 724. The minimum atomic E-state index is 0.0464. The number of aromatic nitrogens is 1. The number of aliphatic imine (C=N–C) groups is 1. The van der Waals surface area contributed by atoms with Gasteiger partial charge in [0.25, 0.3) is 4.84 Å². The molecule has 4 nitrogen and oxygen atoms in total. The van der Waals surface area contributed by atoms with Crippen molar-refractivity contribution in [2.75, 3.05) is 0 Å². The Hall–Kier alpha value is -2.40. The highest BCUT2D eigenvalue weighted by atomic mass is 32.1. The lowest BCUT2D eigenvalue weighted by molar-refractivity contribution is 0.419. The Labute approximate surface area is 128 Å². The number of allylic oxidation sites excluding steroid dienone is 3. The van der Waals surface area contributed by atoms with Crippen LogP contribution < -0.4 is 0 Å². The van der Waals surface area contributed by atoms with Gasteiger partial charge in [-0.25, -0.2) is 0 Å². The predicted octanol–water partition coefficient (Wildman–Crippen LogP) is 4.51. The van der Waals surface area contributed by atoms with E-state index in [0.29, 0.717) is 12.3 Å². The predicted molar refractivity (Wildman–Crippen MR) is 87.6 cm³/mol. The average Bonchev–Trinajstić information content (AvgIpc) is 2.77. The first kappa shape index (κ1) is 15.0. The lowest BCUT2D eigenvalue weighted by Crippen LogP contribution is -1.91. The van der Waals surface area contributed by atoms with Gasteiger partial charge in [0.1, 0.15) is 0 Å². The molecule has 0 aliphatic heterocycles. The van der Waals surface area contributed by atoms with E-state index in [1.54, 1.807) is 30.5 Å². The highest BCUT2D eigenvalue weighted by Crippen LogP contribution is 2.21. The molecule has 0 fully saturated rings. The van der Waals surface area contributed by atoms with Crippen LogP contribution in [0.1, 0.15) is 12.7 Å². The second-order valence-electron chi connectivity index (χ2n) is 4.16. The number of para-hydroxylation sites is 1. The van der Waals surface area contributed by atoms with Gasteiger partial charge in [-0.2, -0.15) is 0 Å². The van der Waals surface area contributed by atoms with Crippen molar-refractivity contribution in [1.29, 1.82) is 0 Å². The first-order chi connectivity index (χ1) is 10.2. The molecule has 0 saturated carbocycles. The largest absolute Gasteiger partial charge is 0.492 e. The summed E-state index contributed by atoms with van der Waals surface area (Å²) in [4.78, 5) is 4.53. The van der Waals surface area contributed by atoms with Crippen molar-refractivity contribution in [1.82, 2.24) is 4.57 Å². The normalized spacial score (nSPS) is 12.0. The van der Waals surface area contributed by atoms with E-state index in [2.05, 4.69) is 4.99 Å². The van der Waals surface area contributed by atoms with Crippen LogP contribution in [0, 0.1) is 4.84 Å². The van der Waals surface area contributed by atoms with Gasteiger partial charge in [0.2, 0.25) is 5.88 Å². The number of benzene rings is 1. The zero-order chi connectivity index (χ0) is 15.1. The maximum atomic E-state index is 9.86. The molecule has 0 aliphatic rings. The number of nitrogens with zero attached hydrogens (tertiary/aromatic N) is 2. The number of hydrogen-bond donors (Lipinski definition) is 1. The van der Waals surface area contributed by atoms with E-state index in [1.165, 1.54) is 4.57 Å². The van der Waals surface area contributed by atoms with Crippen LogP contribution in [-0.4, -0.2) is 15.9 Å². The van der Waals surface area contributed by atoms with Crippen LogP contribution in [0.3, 0.4) is 0 Å². The molecule has 1 heterocycles. The summed E-state index contributed by atoms with van der Waals surface area (Å²) in [5.74, 6) is 0.400. The van der Waals surface area contributed by atoms with Crippen LogP contribution in [-0.2, 0) is 6.54 Å². The van der Waals surface area contributed by atoms with Gasteiger partial charge in [0.05, 0.1) is 5.69 Å². The second kappa shape index (κ2) is 7.40. The molecule has 1 N–H and O–H groups in total. The molecule has 0 bridgehead atoms. The first-order valence-electron chi connectivity index (χ1n) is 6.57. The average molecular weight is 300 g/mol. The monoisotopic (exact) mass is 300 g/mol. The lowest BCUT2D eigenvalue weighted by atomic mass is 10.3.